The zero-order chi connectivity index (χ0) is 19.7. The number of aromatic amines is 1. The van der Waals surface area contributed by atoms with Gasteiger partial charge >= 0.3 is 0 Å². The summed E-state index contributed by atoms with van der Waals surface area (Å²) >= 11 is 0. The summed E-state index contributed by atoms with van der Waals surface area (Å²) in [5, 5.41) is 3.56. The van der Waals surface area contributed by atoms with E-state index >= 15 is 0 Å². The molecule has 1 unspecified atom stereocenters. The van der Waals surface area contributed by atoms with E-state index in [1.54, 1.807) is 6.07 Å². The highest BCUT2D eigenvalue weighted by Gasteiger charge is 2.28. The van der Waals surface area contributed by atoms with Crippen LogP contribution < -0.4 is 11.1 Å². The third kappa shape index (κ3) is 3.67. The van der Waals surface area contributed by atoms with Crippen LogP contribution in [-0.4, -0.2) is 16.9 Å². The minimum absolute atomic E-state index is 0.0859. The fourth-order valence-electron chi connectivity index (χ4n) is 4.21. The molecule has 0 saturated heterocycles. The Kier molecular flexibility index (Phi) is 5.18. The number of hydrogen-bond donors (Lipinski definition) is 3. The lowest BCUT2D eigenvalue weighted by Crippen LogP contribution is -2.33. The van der Waals surface area contributed by atoms with Gasteiger partial charge in [0.25, 0.3) is 0 Å². The van der Waals surface area contributed by atoms with Crippen LogP contribution in [0.5, 0.6) is 0 Å². The number of benzene rings is 2. The summed E-state index contributed by atoms with van der Waals surface area (Å²) in [6.07, 6.45) is 3.51. The van der Waals surface area contributed by atoms with Crippen LogP contribution in [0.15, 0.2) is 48.5 Å². The second-order valence-corrected chi connectivity index (χ2v) is 7.89. The van der Waals surface area contributed by atoms with Crippen LogP contribution in [0.2, 0.25) is 0 Å². The SMILES string of the molecule is CC(N)[C@H]1CC[C@H](C(=O)Nc2c(F)ccc3[nH]c(-c4ccccc4)cc23)CC1. The first kappa shape index (κ1) is 18.7. The molecule has 0 bridgehead atoms. The van der Waals surface area contributed by atoms with E-state index in [0.29, 0.717) is 11.3 Å². The second-order valence-electron chi connectivity index (χ2n) is 7.89. The number of fused-ring (bicyclic) bond motifs is 1. The van der Waals surface area contributed by atoms with Crippen molar-refractivity contribution in [1.82, 2.24) is 4.98 Å². The second kappa shape index (κ2) is 7.76. The number of amides is 1. The van der Waals surface area contributed by atoms with Gasteiger partial charge < -0.3 is 16.0 Å². The average molecular weight is 379 g/mol. The maximum Gasteiger partial charge on any atom is 0.227 e. The third-order valence-electron chi connectivity index (χ3n) is 5.97. The molecule has 146 valence electrons. The van der Waals surface area contributed by atoms with Crippen molar-refractivity contribution >= 4 is 22.5 Å². The molecule has 1 atom stereocenters. The van der Waals surface area contributed by atoms with Crippen molar-refractivity contribution < 1.29 is 9.18 Å². The predicted molar refractivity (Wildman–Crippen MR) is 111 cm³/mol. The maximum absolute atomic E-state index is 14.6. The molecule has 5 heteroatoms. The lowest BCUT2D eigenvalue weighted by molar-refractivity contribution is -0.121. The summed E-state index contributed by atoms with van der Waals surface area (Å²) < 4.78 is 14.6. The molecule has 1 amide bonds. The number of carbonyl (C=O) groups excluding carboxylic acids is 1. The molecular weight excluding hydrogens is 353 g/mol. The topological polar surface area (TPSA) is 70.9 Å². The quantitative estimate of drug-likeness (QED) is 0.592. The standard InChI is InChI=1S/C23H26FN3O/c1-14(25)15-7-9-17(10-8-15)23(28)27-22-18-13-21(16-5-3-2-4-6-16)26-20(18)12-11-19(22)24/h2-6,11-15,17,26H,7-10,25H2,1H3,(H,27,28)/t14?,15-,17-. The van der Waals surface area contributed by atoms with Crippen molar-refractivity contribution in [3.05, 3.63) is 54.3 Å². The molecule has 1 aliphatic carbocycles. The lowest BCUT2D eigenvalue weighted by Gasteiger charge is -2.30. The highest BCUT2D eigenvalue weighted by molar-refractivity contribution is 6.03. The Labute approximate surface area is 164 Å². The fourth-order valence-corrected chi connectivity index (χ4v) is 4.21. The first-order valence-corrected chi connectivity index (χ1v) is 9.96. The monoisotopic (exact) mass is 379 g/mol. The first-order valence-electron chi connectivity index (χ1n) is 9.96. The molecule has 0 radical (unpaired) electrons. The number of hydrogen-bond acceptors (Lipinski definition) is 2. The highest BCUT2D eigenvalue weighted by atomic mass is 19.1. The van der Waals surface area contributed by atoms with Gasteiger partial charge in [-0.2, -0.15) is 0 Å². The van der Waals surface area contributed by atoms with Crippen LogP contribution >= 0.6 is 0 Å². The van der Waals surface area contributed by atoms with Gasteiger partial charge in [-0.15, -0.1) is 0 Å². The Bertz CT molecular complexity index is 972. The number of aromatic nitrogens is 1. The van der Waals surface area contributed by atoms with Gasteiger partial charge in [-0.05, 0) is 62.3 Å². The van der Waals surface area contributed by atoms with E-state index in [-0.39, 0.29) is 23.6 Å². The third-order valence-corrected chi connectivity index (χ3v) is 5.97. The Hall–Kier alpha value is -2.66. The molecule has 0 spiro atoms. The van der Waals surface area contributed by atoms with Gasteiger partial charge in [-0.1, -0.05) is 30.3 Å². The summed E-state index contributed by atoms with van der Waals surface area (Å²) in [5.41, 5.74) is 8.97. The zero-order valence-electron chi connectivity index (χ0n) is 16.0. The smallest absolute Gasteiger partial charge is 0.227 e. The summed E-state index contributed by atoms with van der Waals surface area (Å²) in [4.78, 5) is 16.1. The molecule has 4 nitrogen and oxygen atoms in total. The molecule has 1 fully saturated rings. The molecule has 1 saturated carbocycles. The Balaban J connectivity index is 1.57. The average Bonchev–Trinajstić information content (AvgIpc) is 3.15. The Morgan fingerprint density at radius 1 is 1.14 bits per heavy atom. The van der Waals surface area contributed by atoms with Crippen LogP contribution in [-0.2, 0) is 4.79 Å². The van der Waals surface area contributed by atoms with Gasteiger partial charge in [-0.3, -0.25) is 4.79 Å². The number of H-pyrrole nitrogens is 1. The molecule has 4 N–H and O–H groups in total. The normalized spacial score (nSPS) is 20.8. The zero-order valence-corrected chi connectivity index (χ0v) is 16.0. The lowest BCUT2D eigenvalue weighted by atomic mass is 9.79. The molecule has 2 aromatic carbocycles. The van der Waals surface area contributed by atoms with E-state index in [1.165, 1.54) is 6.07 Å². The fraction of sp³-hybridized carbons (Fsp3) is 0.348. The Morgan fingerprint density at radius 3 is 2.54 bits per heavy atom. The molecule has 1 heterocycles. The van der Waals surface area contributed by atoms with Crippen molar-refractivity contribution in [3.8, 4) is 11.3 Å². The van der Waals surface area contributed by atoms with Crippen LogP contribution in [0.4, 0.5) is 10.1 Å². The van der Waals surface area contributed by atoms with Gasteiger partial charge in [0.05, 0.1) is 5.69 Å². The van der Waals surface area contributed by atoms with Gasteiger partial charge in [0.15, 0.2) is 0 Å². The summed E-state index contributed by atoms with van der Waals surface area (Å²) in [5.74, 6) is -0.125. The number of carbonyl (C=O) groups is 1. The number of nitrogens with two attached hydrogens (primary N) is 1. The number of rotatable bonds is 4. The van der Waals surface area contributed by atoms with Gasteiger partial charge in [-0.25, -0.2) is 4.39 Å². The number of nitrogens with one attached hydrogen (secondary N) is 2. The van der Waals surface area contributed by atoms with Crippen LogP contribution in [0.1, 0.15) is 32.6 Å². The predicted octanol–water partition coefficient (Wildman–Crippen LogP) is 5.07. The van der Waals surface area contributed by atoms with Crippen molar-refractivity contribution in [2.75, 3.05) is 5.32 Å². The molecule has 4 rings (SSSR count). The van der Waals surface area contributed by atoms with Crippen molar-refractivity contribution in [1.29, 1.82) is 0 Å². The van der Waals surface area contributed by atoms with Crippen molar-refractivity contribution in [2.45, 2.75) is 38.6 Å². The summed E-state index contributed by atoms with van der Waals surface area (Å²) in [7, 11) is 0. The van der Waals surface area contributed by atoms with E-state index < -0.39 is 5.82 Å². The first-order chi connectivity index (χ1) is 13.5. The molecule has 28 heavy (non-hydrogen) atoms. The van der Waals surface area contributed by atoms with Crippen molar-refractivity contribution in [2.24, 2.45) is 17.6 Å². The maximum atomic E-state index is 14.6. The highest BCUT2D eigenvalue weighted by Crippen LogP contribution is 2.34. The van der Waals surface area contributed by atoms with Gasteiger partial charge in [0.1, 0.15) is 5.82 Å². The van der Waals surface area contributed by atoms with E-state index in [1.807, 2.05) is 43.3 Å². The summed E-state index contributed by atoms with van der Waals surface area (Å²) in [6.45, 7) is 2.03. The van der Waals surface area contributed by atoms with Crippen LogP contribution in [0.25, 0.3) is 22.2 Å². The molecule has 3 aromatic rings. The summed E-state index contributed by atoms with van der Waals surface area (Å²) in [6, 6.07) is 15.0. The Morgan fingerprint density at radius 2 is 1.86 bits per heavy atom. The van der Waals surface area contributed by atoms with Crippen molar-refractivity contribution in [3.63, 3.8) is 0 Å². The number of halogens is 1. The molecular formula is C23H26FN3O. The number of anilines is 1. The van der Waals surface area contributed by atoms with Crippen LogP contribution in [0.3, 0.4) is 0 Å². The minimum atomic E-state index is -0.413. The molecule has 1 aliphatic rings. The van der Waals surface area contributed by atoms with Gasteiger partial charge in [0.2, 0.25) is 5.91 Å². The molecule has 1 aromatic heterocycles. The van der Waals surface area contributed by atoms with E-state index in [0.717, 1.165) is 42.5 Å². The largest absolute Gasteiger partial charge is 0.354 e. The van der Waals surface area contributed by atoms with E-state index in [4.69, 9.17) is 5.73 Å². The molecule has 0 aliphatic heterocycles. The van der Waals surface area contributed by atoms with Gasteiger partial charge in [0, 0.05) is 28.6 Å². The van der Waals surface area contributed by atoms with E-state index in [2.05, 4.69) is 10.3 Å². The van der Waals surface area contributed by atoms with Crippen LogP contribution in [0, 0.1) is 17.7 Å². The minimum Gasteiger partial charge on any atom is -0.354 e. The van der Waals surface area contributed by atoms with E-state index in [9.17, 15) is 9.18 Å².